The van der Waals surface area contributed by atoms with E-state index >= 15 is 0 Å². The van der Waals surface area contributed by atoms with Gasteiger partial charge < -0.3 is 9.32 Å². The van der Waals surface area contributed by atoms with Gasteiger partial charge in [-0.2, -0.15) is 0 Å². The molecular formula is C21H18N2O4. The number of hydrogen-bond acceptors (Lipinski definition) is 4. The molecule has 0 saturated carbocycles. The first-order valence-corrected chi connectivity index (χ1v) is 8.39. The van der Waals surface area contributed by atoms with Crippen molar-refractivity contribution >= 4 is 17.7 Å². The molecule has 0 spiro atoms. The summed E-state index contributed by atoms with van der Waals surface area (Å²) in [5.41, 5.74) is 1.75. The summed E-state index contributed by atoms with van der Waals surface area (Å²) in [5.74, 6) is 0.525. The Morgan fingerprint density at radius 3 is 2.37 bits per heavy atom. The Labute approximate surface area is 156 Å². The summed E-state index contributed by atoms with van der Waals surface area (Å²) >= 11 is 0. The van der Waals surface area contributed by atoms with Crippen LogP contribution in [0.5, 0.6) is 0 Å². The number of amides is 1. The Hall–Kier alpha value is -3.67. The van der Waals surface area contributed by atoms with Gasteiger partial charge in [-0.3, -0.25) is 14.9 Å². The van der Waals surface area contributed by atoms with Gasteiger partial charge in [0, 0.05) is 24.8 Å². The van der Waals surface area contributed by atoms with Crippen molar-refractivity contribution in [2.45, 2.75) is 13.1 Å². The fourth-order valence-electron chi connectivity index (χ4n) is 2.59. The third-order valence-electron chi connectivity index (χ3n) is 3.98. The first-order chi connectivity index (χ1) is 13.1. The number of nitrogens with zero attached hydrogens (tertiary/aromatic N) is 2. The number of carbonyl (C=O) groups is 1. The van der Waals surface area contributed by atoms with Crippen molar-refractivity contribution < 1.29 is 14.1 Å². The number of hydrogen-bond donors (Lipinski definition) is 0. The van der Waals surface area contributed by atoms with Crippen LogP contribution in [0, 0.1) is 10.1 Å². The van der Waals surface area contributed by atoms with Crippen molar-refractivity contribution in [3.05, 3.63) is 106 Å². The van der Waals surface area contributed by atoms with E-state index in [1.807, 2.05) is 36.4 Å². The highest BCUT2D eigenvalue weighted by molar-refractivity contribution is 5.91. The Morgan fingerprint density at radius 2 is 1.74 bits per heavy atom. The zero-order valence-corrected chi connectivity index (χ0v) is 14.5. The molecule has 6 heteroatoms. The fourth-order valence-corrected chi connectivity index (χ4v) is 2.59. The van der Waals surface area contributed by atoms with Gasteiger partial charge in [0.25, 0.3) is 5.69 Å². The fraction of sp³-hybridized carbons (Fsp3) is 0.0952. The first kappa shape index (κ1) is 18.1. The van der Waals surface area contributed by atoms with E-state index in [9.17, 15) is 14.9 Å². The summed E-state index contributed by atoms with van der Waals surface area (Å²) < 4.78 is 5.37. The van der Waals surface area contributed by atoms with Crippen molar-refractivity contribution in [3.63, 3.8) is 0 Å². The molecule has 0 bridgehead atoms. The molecule has 27 heavy (non-hydrogen) atoms. The Balaban J connectivity index is 1.74. The maximum absolute atomic E-state index is 12.7. The summed E-state index contributed by atoms with van der Waals surface area (Å²) in [4.78, 5) is 24.6. The van der Waals surface area contributed by atoms with Gasteiger partial charge in [0.15, 0.2) is 0 Å². The largest absolute Gasteiger partial charge is 0.467 e. The van der Waals surface area contributed by atoms with Gasteiger partial charge >= 0.3 is 0 Å². The van der Waals surface area contributed by atoms with Crippen LogP contribution in [0.2, 0.25) is 0 Å². The van der Waals surface area contributed by atoms with E-state index in [4.69, 9.17) is 4.42 Å². The molecule has 0 aliphatic carbocycles. The third kappa shape index (κ3) is 5.15. The molecule has 1 aromatic heterocycles. The lowest BCUT2D eigenvalue weighted by Crippen LogP contribution is -2.28. The van der Waals surface area contributed by atoms with Crippen molar-refractivity contribution in [2.75, 3.05) is 0 Å². The highest BCUT2D eigenvalue weighted by Gasteiger charge is 2.13. The second kappa shape index (κ2) is 8.62. The predicted molar refractivity (Wildman–Crippen MR) is 102 cm³/mol. The quantitative estimate of drug-likeness (QED) is 0.354. The standard InChI is InChI=1S/C21H18N2O4/c24-21(13-10-17-8-11-19(12-9-17)23(25)26)22(16-20-7-4-14-27-20)15-18-5-2-1-3-6-18/h1-14H,15-16H2. The SMILES string of the molecule is O=C(C=Cc1ccc([N+](=O)[O-])cc1)N(Cc1ccccc1)Cc1ccco1. The molecule has 2 aromatic carbocycles. The number of benzene rings is 2. The van der Waals surface area contributed by atoms with E-state index in [2.05, 4.69) is 0 Å². The van der Waals surface area contributed by atoms with Crippen LogP contribution < -0.4 is 0 Å². The van der Waals surface area contributed by atoms with Crippen LogP contribution >= 0.6 is 0 Å². The molecule has 0 aliphatic heterocycles. The second-order valence-corrected chi connectivity index (χ2v) is 5.94. The Morgan fingerprint density at radius 1 is 1.00 bits per heavy atom. The molecular weight excluding hydrogens is 344 g/mol. The number of rotatable bonds is 7. The monoisotopic (exact) mass is 362 g/mol. The van der Waals surface area contributed by atoms with Crippen molar-refractivity contribution in [1.82, 2.24) is 4.90 Å². The Bertz CT molecular complexity index is 917. The summed E-state index contributed by atoms with van der Waals surface area (Å²) in [6.07, 6.45) is 4.69. The van der Waals surface area contributed by atoms with Gasteiger partial charge in [-0.15, -0.1) is 0 Å². The molecule has 3 rings (SSSR count). The predicted octanol–water partition coefficient (Wildman–Crippen LogP) is 4.43. The normalized spacial score (nSPS) is 10.8. The van der Waals surface area contributed by atoms with E-state index in [-0.39, 0.29) is 11.6 Å². The molecule has 0 N–H and O–H groups in total. The van der Waals surface area contributed by atoms with Gasteiger partial charge in [-0.25, -0.2) is 0 Å². The highest BCUT2D eigenvalue weighted by Crippen LogP contribution is 2.15. The van der Waals surface area contributed by atoms with Gasteiger partial charge in [-0.1, -0.05) is 30.3 Å². The van der Waals surface area contributed by atoms with E-state index in [1.165, 1.54) is 18.2 Å². The van der Waals surface area contributed by atoms with Crippen LogP contribution in [0.15, 0.2) is 83.5 Å². The highest BCUT2D eigenvalue weighted by atomic mass is 16.6. The van der Waals surface area contributed by atoms with E-state index in [0.29, 0.717) is 24.4 Å². The van der Waals surface area contributed by atoms with Crippen LogP contribution in [0.25, 0.3) is 6.08 Å². The van der Waals surface area contributed by atoms with Crippen LogP contribution in [-0.4, -0.2) is 15.7 Å². The van der Waals surface area contributed by atoms with Crippen molar-refractivity contribution in [1.29, 1.82) is 0 Å². The minimum Gasteiger partial charge on any atom is -0.467 e. The van der Waals surface area contributed by atoms with E-state index in [0.717, 1.165) is 5.56 Å². The lowest BCUT2D eigenvalue weighted by atomic mass is 10.2. The molecule has 0 radical (unpaired) electrons. The maximum Gasteiger partial charge on any atom is 0.269 e. The molecule has 0 atom stereocenters. The van der Waals surface area contributed by atoms with Crippen molar-refractivity contribution in [3.8, 4) is 0 Å². The smallest absolute Gasteiger partial charge is 0.269 e. The Kier molecular flexibility index (Phi) is 5.79. The number of furan rings is 1. The van der Waals surface area contributed by atoms with Gasteiger partial charge in [-0.05, 0) is 41.5 Å². The molecule has 0 saturated heterocycles. The number of carbonyl (C=O) groups excluding carboxylic acids is 1. The van der Waals surface area contributed by atoms with E-state index in [1.54, 1.807) is 35.4 Å². The molecule has 1 amide bonds. The number of non-ortho nitro benzene ring substituents is 1. The molecule has 6 nitrogen and oxygen atoms in total. The summed E-state index contributed by atoms with van der Waals surface area (Å²) in [6, 6.07) is 19.4. The van der Waals surface area contributed by atoms with Crippen molar-refractivity contribution in [2.24, 2.45) is 0 Å². The maximum atomic E-state index is 12.7. The van der Waals surface area contributed by atoms with Gasteiger partial charge in [0.2, 0.25) is 5.91 Å². The van der Waals surface area contributed by atoms with E-state index < -0.39 is 4.92 Å². The molecule has 0 unspecified atom stereocenters. The average molecular weight is 362 g/mol. The van der Waals surface area contributed by atoms with Crippen LogP contribution in [-0.2, 0) is 17.9 Å². The summed E-state index contributed by atoms with van der Waals surface area (Å²) in [5, 5.41) is 10.7. The van der Waals surface area contributed by atoms with Gasteiger partial charge in [0.05, 0.1) is 17.7 Å². The topological polar surface area (TPSA) is 76.6 Å². The molecule has 3 aromatic rings. The van der Waals surface area contributed by atoms with Gasteiger partial charge in [0.1, 0.15) is 5.76 Å². The summed E-state index contributed by atoms with van der Waals surface area (Å²) in [7, 11) is 0. The molecule has 0 aliphatic rings. The zero-order chi connectivity index (χ0) is 19.1. The minimum absolute atomic E-state index is 0.0157. The summed E-state index contributed by atoms with van der Waals surface area (Å²) in [6.45, 7) is 0.802. The third-order valence-corrected chi connectivity index (χ3v) is 3.98. The minimum atomic E-state index is -0.455. The van der Waals surface area contributed by atoms with Crippen LogP contribution in [0.1, 0.15) is 16.9 Å². The molecule has 136 valence electrons. The lowest BCUT2D eigenvalue weighted by molar-refractivity contribution is -0.384. The second-order valence-electron chi connectivity index (χ2n) is 5.94. The average Bonchev–Trinajstić information content (AvgIpc) is 3.20. The first-order valence-electron chi connectivity index (χ1n) is 8.39. The number of nitro benzene ring substituents is 1. The molecule has 1 heterocycles. The number of nitro groups is 1. The van der Waals surface area contributed by atoms with Crippen LogP contribution in [0.4, 0.5) is 5.69 Å². The van der Waals surface area contributed by atoms with Crippen LogP contribution in [0.3, 0.4) is 0 Å². The zero-order valence-electron chi connectivity index (χ0n) is 14.5. The molecule has 0 fully saturated rings. The lowest BCUT2D eigenvalue weighted by Gasteiger charge is -2.20.